The third-order valence-corrected chi connectivity index (χ3v) is 2.64. The molecule has 0 bridgehead atoms. The van der Waals surface area contributed by atoms with Crippen LogP contribution < -0.4 is 10.6 Å². The maximum Gasteiger partial charge on any atom is 0.269 e. The number of benzene rings is 1. The van der Waals surface area contributed by atoms with Crippen LogP contribution in [0.4, 0.5) is 5.69 Å². The fourth-order valence-corrected chi connectivity index (χ4v) is 1.72. The summed E-state index contributed by atoms with van der Waals surface area (Å²) < 4.78 is 0. The lowest BCUT2D eigenvalue weighted by atomic mass is 10.1. The van der Waals surface area contributed by atoms with Crippen LogP contribution in [0.5, 0.6) is 0 Å². The van der Waals surface area contributed by atoms with Gasteiger partial charge in [0.1, 0.15) is 0 Å². The Morgan fingerprint density at radius 3 is 2.75 bits per heavy atom. The van der Waals surface area contributed by atoms with Gasteiger partial charge >= 0.3 is 0 Å². The molecule has 0 aliphatic rings. The van der Waals surface area contributed by atoms with Crippen LogP contribution in [-0.2, 0) is 11.2 Å². The van der Waals surface area contributed by atoms with Gasteiger partial charge in [0.15, 0.2) is 0 Å². The average Bonchev–Trinajstić information content (AvgIpc) is 2.37. The molecule has 2 N–H and O–H groups in total. The Balaban J connectivity index is 0.00000361. The van der Waals surface area contributed by atoms with Crippen molar-refractivity contribution < 1.29 is 9.72 Å². The zero-order valence-electron chi connectivity index (χ0n) is 11.6. The van der Waals surface area contributed by atoms with Gasteiger partial charge in [-0.15, -0.1) is 12.4 Å². The van der Waals surface area contributed by atoms with Gasteiger partial charge in [0.2, 0.25) is 5.91 Å². The van der Waals surface area contributed by atoms with Gasteiger partial charge in [0.25, 0.3) is 5.69 Å². The number of rotatable bonds is 7. The first-order valence-corrected chi connectivity index (χ1v) is 6.26. The highest BCUT2D eigenvalue weighted by Crippen LogP contribution is 2.13. The van der Waals surface area contributed by atoms with Crippen LogP contribution >= 0.6 is 12.4 Å². The fourth-order valence-electron chi connectivity index (χ4n) is 1.72. The SMILES string of the molecule is CCN[C@H](C)CNC(=O)Cc1cccc([N+](=O)[O-])c1.Cl. The van der Waals surface area contributed by atoms with Gasteiger partial charge in [-0.05, 0) is 19.0 Å². The minimum Gasteiger partial charge on any atom is -0.354 e. The molecule has 0 aliphatic heterocycles. The third-order valence-electron chi connectivity index (χ3n) is 2.64. The first kappa shape index (κ1) is 18.3. The van der Waals surface area contributed by atoms with E-state index in [4.69, 9.17) is 0 Å². The number of hydrogen-bond donors (Lipinski definition) is 2. The lowest BCUT2D eigenvalue weighted by Crippen LogP contribution is -2.39. The number of nitro benzene ring substituents is 1. The first-order valence-electron chi connectivity index (χ1n) is 6.26. The summed E-state index contributed by atoms with van der Waals surface area (Å²) in [4.78, 5) is 21.9. The number of nitro groups is 1. The van der Waals surface area contributed by atoms with E-state index in [-0.39, 0.29) is 36.5 Å². The van der Waals surface area contributed by atoms with Crippen molar-refractivity contribution in [2.75, 3.05) is 13.1 Å². The molecule has 20 heavy (non-hydrogen) atoms. The van der Waals surface area contributed by atoms with Gasteiger partial charge < -0.3 is 10.6 Å². The van der Waals surface area contributed by atoms with Gasteiger partial charge in [0, 0.05) is 24.7 Å². The van der Waals surface area contributed by atoms with E-state index in [1.54, 1.807) is 12.1 Å². The zero-order chi connectivity index (χ0) is 14.3. The fraction of sp³-hybridized carbons (Fsp3) is 0.462. The number of non-ortho nitro benzene ring substituents is 1. The molecule has 1 aromatic rings. The molecule has 0 radical (unpaired) electrons. The first-order chi connectivity index (χ1) is 9.02. The molecule has 0 heterocycles. The maximum absolute atomic E-state index is 11.7. The number of halogens is 1. The molecule has 1 atom stereocenters. The van der Waals surface area contributed by atoms with Crippen molar-refractivity contribution in [3.05, 3.63) is 39.9 Å². The van der Waals surface area contributed by atoms with Crippen LogP contribution in [0.2, 0.25) is 0 Å². The number of nitrogens with one attached hydrogen (secondary N) is 2. The molecule has 112 valence electrons. The molecule has 6 nitrogen and oxygen atoms in total. The molecule has 0 unspecified atom stereocenters. The number of carbonyl (C=O) groups excluding carboxylic acids is 1. The molecular formula is C13H20ClN3O3. The largest absolute Gasteiger partial charge is 0.354 e. The smallest absolute Gasteiger partial charge is 0.269 e. The van der Waals surface area contributed by atoms with E-state index < -0.39 is 4.92 Å². The average molecular weight is 302 g/mol. The molecule has 7 heteroatoms. The van der Waals surface area contributed by atoms with E-state index in [2.05, 4.69) is 10.6 Å². The van der Waals surface area contributed by atoms with Crippen molar-refractivity contribution in [3.63, 3.8) is 0 Å². The van der Waals surface area contributed by atoms with Crippen molar-refractivity contribution in [3.8, 4) is 0 Å². The lowest BCUT2D eigenvalue weighted by Gasteiger charge is -2.13. The summed E-state index contributed by atoms with van der Waals surface area (Å²) >= 11 is 0. The summed E-state index contributed by atoms with van der Waals surface area (Å²) in [5, 5.41) is 16.6. The highest BCUT2D eigenvalue weighted by Gasteiger charge is 2.09. The Morgan fingerprint density at radius 2 is 2.15 bits per heavy atom. The second-order valence-corrected chi connectivity index (χ2v) is 4.37. The standard InChI is InChI=1S/C13H19N3O3.ClH/c1-3-14-10(2)9-15-13(17)8-11-5-4-6-12(7-11)16(18)19;/h4-7,10,14H,3,8-9H2,1-2H3,(H,15,17);1H/t10-;/m1./s1. The van der Waals surface area contributed by atoms with E-state index in [1.807, 2.05) is 13.8 Å². The van der Waals surface area contributed by atoms with Crippen LogP contribution in [0.15, 0.2) is 24.3 Å². The molecule has 0 fully saturated rings. The number of amides is 1. The molecule has 1 rings (SSSR count). The van der Waals surface area contributed by atoms with E-state index in [1.165, 1.54) is 12.1 Å². The van der Waals surface area contributed by atoms with Gasteiger partial charge in [0.05, 0.1) is 11.3 Å². The molecule has 0 saturated heterocycles. The van der Waals surface area contributed by atoms with Crippen LogP contribution in [0.3, 0.4) is 0 Å². The number of likely N-dealkylation sites (N-methyl/N-ethyl adjacent to an activating group) is 1. The molecule has 1 aromatic carbocycles. The predicted molar refractivity (Wildman–Crippen MR) is 80.2 cm³/mol. The summed E-state index contributed by atoms with van der Waals surface area (Å²) in [6, 6.07) is 6.34. The van der Waals surface area contributed by atoms with Crippen LogP contribution in [0.25, 0.3) is 0 Å². The highest BCUT2D eigenvalue weighted by atomic mass is 35.5. The number of carbonyl (C=O) groups is 1. The minimum atomic E-state index is -0.464. The number of nitrogens with zero attached hydrogens (tertiary/aromatic N) is 1. The van der Waals surface area contributed by atoms with Gasteiger partial charge in [-0.3, -0.25) is 14.9 Å². The van der Waals surface area contributed by atoms with Gasteiger partial charge in [-0.1, -0.05) is 19.1 Å². The maximum atomic E-state index is 11.7. The predicted octanol–water partition coefficient (Wildman–Crippen LogP) is 1.67. The van der Waals surface area contributed by atoms with E-state index in [0.29, 0.717) is 12.1 Å². The molecule has 0 aliphatic carbocycles. The molecule has 0 saturated carbocycles. The quantitative estimate of drug-likeness (QED) is 0.593. The van der Waals surface area contributed by atoms with E-state index >= 15 is 0 Å². The molecule has 1 amide bonds. The monoisotopic (exact) mass is 301 g/mol. The highest BCUT2D eigenvalue weighted by molar-refractivity contribution is 5.85. The summed E-state index contributed by atoms with van der Waals surface area (Å²) in [7, 11) is 0. The van der Waals surface area contributed by atoms with Gasteiger partial charge in [-0.2, -0.15) is 0 Å². The van der Waals surface area contributed by atoms with Crippen molar-refractivity contribution >= 4 is 24.0 Å². The van der Waals surface area contributed by atoms with Crippen molar-refractivity contribution in [1.29, 1.82) is 0 Å². The summed E-state index contributed by atoms with van der Waals surface area (Å²) in [5.41, 5.74) is 0.647. The van der Waals surface area contributed by atoms with Gasteiger partial charge in [-0.25, -0.2) is 0 Å². The molecule has 0 aromatic heterocycles. The van der Waals surface area contributed by atoms with Crippen molar-refractivity contribution in [2.24, 2.45) is 0 Å². The van der Waals surface area contributed by atoms with Crippen molar-refractivity contribution in [2.45, 2.75) is 26.3 Å². The molecule has 0 spiro atoms. The van der Waals surface area contributed by atoms with Crippen LogP contribution in [0, 0.1) is 10.1 Å². The zero-order valence-corrected chi connectivity index (χ0v) is 12.4. The summed E-state index contributed by atoms with van der Waals surface area (Å²) in [6.07, 6.45) is 0.153. The second-order valence-electron chi connectivity index (χ2n) is 4.37. The Kier molecular flexibility index (Phi) is 8.51. The normalized spacial score (nSPS) is 11.3. The summed E-state index contributed by atoms with van der Waals surface area (Å²) in [6.45, 7) is 5.38. The Hall–Kier alpha value is -1.66. The molecular weight excluding hydrogens is 282 g/mol. The topological polar surface area (TPSA) is 84.3 Å². The Labute approximate surface area is 124 Å². The Bertz CT molecular complexity index is 454. The third kappa shape index (κ3) is 6.49. The van der Waals surface area contributed by atoms with Crippen LogP contribution in [-0.4, -0.2) is 30.0 Å². The van der Waals surface area contributed by atoms with Crippen molar-refractivity contribution in [1.82, 2.24) is 10.6 Å². The van der Waals surface area contributed by atoms with Crippen LogP contribution in [0.1, 0.15) is 19.4 Å². The summed E-state index contributed by atoms with van der Waals surface area (Å²) in [5.74, 6) is -0.134. The Morgan fingerprint density at radius 1 is 1.45 bits per heavy atom. The van der Waals surface area contributed by atoms with E-state index in [0.717, 1.165) is 6.54 Å². The number of hydrogen-bond acceptors (Lipinski definition) is 4. The van der Waals surface area contributed by atoms with E-state index in [9.17, 15) is 14.9 Å². The minimum absolute atomic E-state index is 0. The second kappa shape index (κ2) is 9.28. The lowest BCUT2D eigenvalue weighted by molar-refractivity contribution is -0.384.